The van der Waals surface area contributed by atoms with Gasteiger partial charge in [0.25, 0.3) is 5.97 Å². The molecule has 113 valence electrons. The SMILES string of the molecule is CC(=O)O.CCO.CNC(=O)OC(C)(C)C.[V].[V].[V]. The Morgan fingerprint density at radius 3 is 1.42 bits per heavy atom. The average molecular weight is 390 g/mol. The van der Waals surface area contributed by atoms with Crippen molar-refractivity contribution < 1.29 is 80.2 Å². The number of carboxylic acid groups (broad SMARTS) is 1. The minimum Gasteiger partial charge on any atom is -0.481 e. The number of aliphatic hydroxyl groups excluding tert-OH is 1. The summed E-state index contributed by atoms with van der Waals surface area (Å²) in [6.45, 7) is 8.48. The Bertz CT molecular complexity index is 194. The minimum absolute atomic E-state index is 0. The summed E-state index contributed by atoms with van der Waals surface area (Å²) in [6, 6.07) is 0. The second-order valence-corrected chi connectivity index (χ2v) is 3.59. The predicted molar refractivity (Wildman–Crippen MR) is 61.4 cm³/mol. The van der Waals surface area contributed by atoms with Crippen LogP contribution in [0, 0.1) is 0 Å². The summed E-state index contributed by atoms with van der Waals surface area (Å²) in [5.41, 5.74) is -0.389. The summed E-state index contributed by atoms with van der Waals surface area (Å²) in [5.74, 6) is -0.833. The molecule has 0 aliphatic heterocycles. The fourth-order valence-electron chi connectivity index (χ4n) is 0.329. The Labute approximate surface area is 151 Å². The molecule has 0 aliphatic carbocycles. The average Bonchev–Trinajstić information content (AvgIpc) is 2.01. The van der Waals surface area contributed by atoms with Crippen LogP contribution in [-0.2, 0) is 65.2 Å². The van der Waals surface area contributed by atoms with Gasteiger partial charge in [0, 0.05) is 76.2 Å². The molecule has 0 rings (SSSR count). The third kappa shape index (κ3) is 89.9. The van der Waals surface area contributed by atoms with Crippen LogP contribution >= 0.6 is 0 Å². The van der Waals surface area contributed by atoms with Crippen LogP contribution in [0.15, 0.2) is 0 Å². The summed E-state index contributed by atoms with van der Waals surface area (Å²) < 4.78 is 4.84. The van der Waals surface area contributed by atoms with Crippen LogP contribution in [0.4, 0.5) is 4.79 Å². The van der Waals surface area contributed by atoms with E-state index >= 15 is 0 Å². The maximum atomic E-state index is 10.5. The van der Waals surface area contributed by atoms with E-state index in [0.717, 1.165) is 6.92 Å². The van der Waals surface area contributed by atoms with Gasteiger partial charge in [-0.15, -0.1) is 0 Å². The third-order valence-corrected chi connectivity index (χ3v) is 0.603. The number of carbonyl (C=O) groups excluding carboxylic acids is 1. The van der Waals surface area contributed by atoms with Crippen molar-refractivity contribution >= 4 is 12.1 Å². The van der Waals surface area contributed by atoms with Gasteiger partial charge in [0.05, 0.1) is 0 Å². The smallest absolute Gasteiger partial charge is 0.407 e. The molecule has 6 nitrogen and oxygen atoms in total. The Morgan fingerprint density at radius 1 is 1.16 bits per heavy atom. The molecular weight excluding hydrogens is 367 g/mol. The number of carbonyl (C=O) groups is 2. The van der Waals surface area contributed by atoms with E-state index in [1.54, 1.807) is 6.92 Å². The number of rotatable bonds is 0. The molecule has 0 aromatic rings. The quantitative estimate of drug-likeness (QED) is 0.578. The molecule has 0 heterocycles. The van der Waals surface area contributed by atoms with E-state index in [-0.39, 0.29) is 74.0 Å². The topological polar surface area (TPSA) is 95.9 Å². The molecule has 0 saturated carbocycles. The number of alkyl carbamates (subject to hydrolysis) is 1. The second-order valence-electron chi connectivity index (χ2n) is 3.59. The Hall–Kier alpha value is 0.453. The molecule has 1 amide bonds. The van der Waals surface area contributed by atoms with Crippen LogP contribution in [0.25, 0.3) is 0 Å². The van der Waals surface area contributed by atoms with Gasteiger partial charge in [0.2, 0.25) is 0 Å². The van der Waals surface area contributed by atoms with Crippen molar-refractivity contribution in [2.24, 2.45) is 0 Å². The Balaban J connectivity index is -0.0000000366. The Kier molecular flexibility index (Phi) is 45.3. The number of nitrogens with one attached hydrogen (secondary N) is 1. The molecule has 3 N–H and O–H groups in total. The predicted octanol–water partition coefficient (Wildman–Crippen LogP) is 1.22. The van der Waals surface area contributed by atoms with Gasteiger partial charge in [-0.05, 0) is 27.7 Å². The minimum atomic E-state index is -0.833. The molecule has 0 aromatic carbocycles. The first-order valence-corrected chi connectivity index (χ1v) is 4.81. The van der Waals surface area contributed by atoms with Crippen molar-refractivity contribution in [1.29, 1.82) is 0 Å². The number of aliphatic carboxylic acids is 1. The first-order chi connectivity index (χ1) is 7.10. The summed E-state index contributed by atoms with van der Waals surface area (Å²) in [7, 11) is 1.54. The molecule has 0 saturated heterocycles. The first kappa shape index (κ1) is 36.6. The summed E-state index contributed by atoms with van der Waals surface area (Å²) >= 11 is 0. The van der Waals surface area contributed by atoms with Crippen LogP contribution in [0.2, 0.25) is 0 Å². The van der Waals surface area contributed by atoms with E-state index in [2.05, 4.69) is 5.32 Å². The van der Waals surface area contributed by atoms with Crippen molar-refractivity contribution in [2.75, 3.05) is 13.7 Å². The molecule has 0 aliphatic rings. The molecular formula is C10H23NO5V3. The van der Waals surface area contributed by atoms with Gasteiger partial charge in [-0.2, -0.15) is 0 Å². The van der Waals surface area contributed by atoms with E-state index in [1.807, 2.05) is 20.8 Å². The second kappa shape index (κ2) is 23.5. The van der Waals surface area contributed by atoms with Gasteiger partial charge < -0.3 is 20.3 Å². The zero-order valence-corrected chi connectivity index (χ0v) is 16.4. The van der Waals surface area contributed by atoms with E-state index in [9.17, 15) is 4.79 Å². The van der Waals surface area contributed by atoms with Crippen molar-refractivity contribution in [3.05, 3.63) is 0 Å². The molecule has 0 fully saturated rings. The van der Waals surface area contributed by atoms with Gasteiger partial charge in [0.1, 0.15) is 5.60 Å². The summed E-state index contributed by atoms with van der Waals surface area (Å²) in [5, 5.41) is 17.3. The molecule has 0 bridgehead atoms. The summed E-state index contributed by atoms with van der Waals surface area (Å²) in [6.07, 6.45) is -0.387. The fraction of sp³-hybridized carbons (Fsp3) is 0.800. The number of hydrogen-bond acceptors (Lipinski definition) is 4. The van der Waals surface area contributed by atoms with Gasteiger partial charge in [-0.1, -0.05) is 0 Å². The monoisotopic (exact) mass is 390 g/mol. The van der Waals surface area contributed by atoms with Crippen LogP contribution in [0.3, 0.4) is 0 Å². The van der Waals surface area contributed by atoms with Gasteiger partial charge in [-0.25, -0.2) is 4.79 Å². The standard InChI is InChI=1S/C6H13NO2.C2H4O2.C2H6O.3V/c1-6(2,3)9-5(8)7-4;1-2(3)4;1-2-3;;;/h1-4H3,(H,7,8);1H3,(H,3,4);3H,2H2,1H3;;;. The van der Waals surface area contributed by atoms with E-state index in [0.29, 0.717) is 0 Å². The Morgan fingerprint density at radius 2 is 1.37 bits per heavy atom. The molecule has 0 aromatic heterocycles. The van der Waals surface area contributed by atoms with E-state index in [1.165, 1.54) is 7.05 Å². The fourth-order valence-corrected chi connectivity index (χ4v) is 0.329. The molecule has 0 unspecified atom stereocenters. The number of carboxylic acids is 1. The first-order valence-electron chi connectivity index (χ1n) is 4.81. The van der Waals surface area contributed by atoms with Crippen molar-refractivity contribution in [3.63, 3.8) is 0 Å². The molecule has 3 radical (unpaired) electrons. The van der Waals surface area contributed by atoms with Crippen molar-refractivity contribution in [1.82, 2.24) is 5.32 Å². The molecule has 0 atom stereocenters. The number of aliphatic hydroxyl groups is 1. The van der Waals surface area contributed by atoms with Crippen molar-refractivity contribution in [2.45, 2.75) is 40.2 Å². The largest absolute Gasteiger partial charge is 0.481 e. The van der Waals surface area contributed by atoms with Gasteiger partial charge in [-0.3, -0.25) is 4.79 Å². The van der Waals surface area contributed by atoms with Crippen LogP contribution in [0.1, 0.15) is 34.6 Å². The molecule has 19 heavy (non-hydrogen) atoms. The van der Waals surface area contributed by atoms with Crippen LogP contribution < -0.4 is 5.32 Å². The van der Waals surface area contributed by atoms with Gasteiger partial charge >= 0.3 is 6.09 Å². The maximum absolute atomic E-state index is 10.5. The molecule has 9 heteroatoms. The molecule has 0 spiro atoms. The maximum Gasteiger partial charge on any atom is 0.407 e. The van der Waals surface area contributed by atoms with E-state index in [4.69, 9.17) is 19.7 Å². The van der Waals surface area contributed by atoms with Crippen molar-refractivity contribution in [3.8, 4) is 0 Å². The van der Waals surface area contributed by atoms with Gasteiger partial charge in [0.15, 0.2) is 0 Å². The number of hydrogen-bond donors (Lipinski definition) is 3. The zero-order valence-electron chi connectivity index (χ0n) is 12.2. The zero-order chi connectivity index (χ0) is 13.8. The van der Waals surface area contributed by atoms with Crippen LogP contribution in [-0.4, -0.2) is 41.5 Å². The summed E-state index contributed by atoms with van der Waals surface area (Å²) in [4.78, 5) is 19.5. The number of ether oxygens (including phenoxy) is 1. The van der Waals surface area contributed by atoms with E-state index < -0.39 is 5.97 Å². The normalized spacial score (nSPS) is 7.32. The number of amides is 1. The third-order valence-electron chi connectivity index (χ3n) is 0.603. The van der Waals surface area contributed by atoms with Crippen LogP contribution in [0.5, 0.6) is 0 Å².